The number of hydrogen-bond acceptors (Lipinski definition) is 3. The second kappa shape index (κ2) is 8.76. The lowest BCUT2D eigenvalue weighted by molar-refractivity contribution is -0.132. The van der Waals surface area contributed by atoms with E-state index in [1.807, 2.05) is 36.9 Å². The molecule has 0 unspecified atom stereocenters. The molecule has 1 aromatic heterocycles. The van der Waals surface area contributed by atoms with Gasteiger partial charge in [0.1, 0.15) is 17.3 Å². The molecule has 0 saturated heterocycles. The molecule has 3 aromatic rings. The average molecular weight is 420 g/mol. The molecule has 0 atom stereocenters. The number of carbonyl (C=O) groups is 2. The van der Waals surface area contributed by atoms with Crippen molar-refractivity contribution >= 4 is 17.5 Å². The molecular formula is C25H25FN2O3. The molecule has 2 aromatic carbocycles. The second-order valence-electron chi connectivity index (χ2n) is 8.24. The van der Waals surface area contributed by atoms with Crippen LogP contribution in [0.4, 0.5) is 10.1 Å². The number of furan rings is 1. The number of benzene rings is 2. The highest BCUT2D eigenvalue weighted by Crippen LogP contribution is 2.31. The quantitative estimate of drug-likeness (QED) is 0.612. The predicted molar refractivity (Wildman–Crippen MR) is 117 cm³/mol. The van der Waals surface area contributed by atoms with Gasteiger partial charge in [-0.3, -0.25) is 9.59 Å². The van der Waals surface area contributed by atoms with Crippen molar-refractivity contribution in [3.63, 3.8) is 0 Å². The van der Waals surface area contributed by atoms with Gasteiger partial charge >= 0.3 is 0 Å². The van der Waals surface area contributed by atoms with E-state index in [-0.39, 0.29) is 11.5 Å². The third-order valence-corrected chi connectivity index (χ3v) is 5.33. The fraction of sp³-hybridized carbons (Fsp3) is 0.280. The zero-order valence-electron chi connectivity index (χ0n) is 17.7. The lowest BCUT2D eigenvalue weighted by Gasteiger charge is -2.26. The Morgan fingerprint density at radius 1 is 1.13 bits per heavy atom. The summed E-state index contributed by atoms with van der Waals surface area (Å²) in [4.78, 5) is 26.7. The first-order chi connectivity index (χ1) is 14.9. The van der Waals surface area contributed by atoms with E-state index in [0.717, 1.165) is 16.9 Å². The summed E-state index contributed by atoms with van der Waals surface area (Å²) in [6.07, 6.45) is 1.23. The Bertz CT molecular complexity index is 1120. The topological polar surface area (TPSA) is 62.6 Å². The van der Waals surface area contributed by atoms with E-state index in [1.54, 1.807) is 24.3 Å². The Labute approximate surface area is 180 Å². The number of nitrogens with one attached hydrogen (secondary N) is 1. The highest BCUT2D eigenvalue weighted by atomic mass is 19.1. The van der Waals surface area contributed by atoms with E-state index in [2.05, 4.69) is 5.32 Å². The van der Waals surface area contributed by atoms with Gasteiger partial charge in [0, 0.05) is 42.7 Å². The van der Waals surface area contributed by atoms with E-state index in [9.17, 15) is 14.0 Å². The second-order valence-corrected chi connectivity index (χ2v) is 8.24. The normalized spacial score (nSPS) is 13.2. The predicted octanol–water partition coefficient (Wildman–Crippen LogP) is 5.27. The maximum atomic E-state index is 13.9. The van der Waals surface area contributed by atoms with Gasteiger partial charge in [-0.1, -0.05) is 38.1 Å². The Balaban J connectivity index is 1.50. The largest absolute Gasteiger partial charge is 0.461 e. The van der Waals surface area contributed by atoms with Gasteiger partial charge in [0.2, 0.25) is 5.91 Å². The molecule has 0 fully saturated rings. The molecule has 1 aliphatic heterocycles. The number of halogens is 1. The van der Waals surface area contributed by atoms with Crippen LogP contribution in [0.25, 0.3) is 11.3 Å². The minimum absolute atomic E-state index is 0.00692. The Morgan fingerprint density at radius 3 is 2.71 bits per heavy atom. The van der Waals surface area contributed by atoms with Crippen molar-refractivity contribution in [1.29, 1.82) is 0 Å². The SMILES string of the molecule is CC(C)CC(=O)N1CCc2oc(-c3cccc(NC(=O)c4ccccc4F)c3)cc2C1. The number of hydrogen-bond donors (Lipinski definition) is 1. The van der Waals surface area contributed by atoms with Gasteiger partial charge in [-0.05, 0) is 36.2 Å². The van der Waals surface area contributed by atoms with E-state index < -0.39 is 11.7 Å². The molecule has 2 amide bonds. The molecule has 2 heterocycles. The van der Waals surface area contributed by atoms with Crippen molar-refractivity contribution in [1.82, 2.24) is 4.90 Å². The van der Waals surface area contributed by atoms with Gasteiger partial charge in [-0.2, -0.15) is 0 Å². The fourth-order valence-corrected chi connectivity index (χ4v) is 3.76. The maximum absolute atomic E-state index is 13.9. The van der Waals surface area contributed by atoms with E-state index >= 15 is 0 Å². The summed E-state index contributed by atoms with van der Waals surface area (Å²) in [5.41, 5.74) is 2.36. The number of rotatable bonds is 5. The third kappa shape index (κ3) is 4.68. The van der Waals surface area contributed by atoms with Crippen LogP contribution in [0.2, 0.25) is 0 Å². The number of carbonyl (C=O) groups excluding carboxylic acids is 2. The van der Waals surface area contributed by atoms with Crippen molar-refractivity contribution in [2.24, 2.45) is 5.92 Å². The van der Waals surface area contributed by atoms with Crippen molar-refractivity contribution in [3.8, 4) is 11.3 Å². The zero-order chi connectivity index (χ0) is 22.0. The van der Waals surface area contributed by atoms with Crippen LogP contribution in [0.3, 0.4) is 0 Å². The summed E-state index contributed by atoms with van der Waals surface area (Å²) in [7, 11) is 0. The smallest absolute Gasteiger partial charge is 0.258 e. The van der Waals surface area contributed by atoms with Gasteiger partial charge in [0.05, 0.1) is 5.56 Å². The highest BCUT2D eigenvalue weighted by molar-refractivity contribution is 6.04. The van der Waals surface area contributed by atoms with Crippen LogP contribution in [0.15, 0.2) is 59.0 Å². The molecule has 1 aliphatic rings. The summed E-state index contributed by atoms with van der Waals surface area (Å²) in [5.74, 6) is 1.01. The number of nitrogens with zero attached hydrogens (tertiary/aromatic N) is 1. The molecule has 160 valence electrons. The molecular weight excluding hydrogens is 395 g/mol. The van der Waals surface area contributed by atoms with Crippen LogP contribution in [-0.4, -0.2) is 23.3 Å². The third-order valence-electron chi connectivity index (χ3n) is 5.33. The average Bonchev–Trinajstić information content (AvgIpc) is 3.17. The van der Waals surface area contributed by atoms with E-state index in [1.165, 1.54) is 12.1 Å². The van der Waals surface area contributed by atoms with Crippen molar-refractivity contribution in [3.05, 3.63) is 77.3 Å². The van der Waals surface area contributed by atoms with E-state index in [0.29, 0.717) is 43.3 Å². The van der Waals surface area contributed by atoms with Crippen molar-refractivity contribution in [2.75, 3.05) is 11.9 Å². The Kier molecular flexibility index (Phi) is 5.89. The van der Waals surface area contributed by atoms with Crippen molar-refractivity contribution < 1.29 is 18.4 Å². The van der Waals surface area contributed by atoms with Crippen LogP contribution in [-0.2, 0) is 17.8 Å². The first kappa shape index (κ1) is 20.8. The monoisotopic (exact) mass is 420 g/mol. The minimum atomic E-state index is -0.563. The lowest BCUT2D eigenvalue weighted by Crippen LogP contribution is -2.35. The number of anilines is 1. The fourth-order valence-electron chi connectivity index (χ4n) is 3.76. The standard InChI is InChI=1S/C25H25FN2O3/c1-16(2)12-24(29)28-11-10-22-18(15-28)14-23(31-22)17-6-5-7-19(13-17)27-25(30)20-8-3-4-9-21(20)26/h3-9,13-14,16H,10-12,15H2,1-2H3,(H,27,30). The van der Waals surface area contributed by atoms with Gasteiger partial charge < -0.3 is 14.6 Å². The summed E-state index contributed by atoms with van der Waals surface area (Å²) >= 11 is 0. The number of fused-ring (bicyclic) bond motifs is 1. The van der Waals surface area contributed by atoms with Gasteiger partial charge in [0.25, 0.3) is 5.91 Å². The highest BCUT2D eigenvalue weighted by Gasteiger charge is 2.25. The van der Waals surface area contributed by atoms with Crippen LogP contribution >= 0.6 is 0 Å². The maximum Gasteiger partial charge on any atom is 0.258 e. The molecule has 0 spiro atoms. The lowest BCUT2D eigenvalue weighted by atomic mass is 10.0. The molecule has 4 rings (SSSR count). The molecule has 0 saturated carbocycles. The van der Waals surface area contributed by atoms with Gasteiger partial charge in [-0.15, -0.1) is 0 Å². The summed E-state index contributed by atoms with van der Waals surface area (Å²) < 4.78 is 19.9. The molecule has 6 heteroatoms. The molecule has 5 nitrogen and oxygen atoms in total. The van der Waals surface area contributed by atoms with Gasteiger partial charge in [-0.25, -0.2) is 4.39 Å². The summed E-state index contributed by atoms with van der Waals surface area (Å²) in [6, 6.07) is 15.1. The Hall–Kier alpha value is -3.41. The molecule has 0 aliphatic carbocycles. The van der Waals surface area contributed by atoms with Crippen LogP contribution in [0.1, 0.15) is 41.9 Å². The number of amides is 2. The molecule has 31 heavy (non-hydrogen) atoms. The van der Waals surface area contributed by atoms with Crippen LogP contribution in [0.5, 0.6) is 0 Å². The summed E-state index contributed by atoms with van der Waals surface area (Å²) in [5, 5.41) is 2.74. The first-order valence-corrected chi connectivity index (χ1v) is 10.5. The molecule has 0 radical (unpaired) electrons. The Morgan fingerprint density at radius 2 is 1.94 bits per heavy atom. The minimum Gasteiger partial charge on any atom is -0.461 e. The molecule has 1 N–H and O–H groups in total. The van der Waals surface area contributed by atoms with Crippen LogP contribution in [0, 0.1) is 11.7 Å². The molecule has 0 bridgehead atoms. The zero-order valence-corrected chi connectivity index (χ0v) is 17.7. The van der Waals surface area contributed by atoms with E-state index in [4.69, 9.17) is 4.42 Å². The van der Waals surface area contributed by atoms with Crippen LogP contribution < -0.4 is 5.32 Å². The summed E-state index contributed by atoms with van der Waals surface area (Å²) in [6.45, 7) is 5.29. The first-order valence-electron chi connectivity index (χ1n) is 10.5. The van der Waals surface area contributed by atoms with Crippen molar-refractivity contribution in [2.45, 2.75) is 33.2 Å². The van der Waals surface area contributed by atoms with Gasteiger partial charge in [0.15, 0.2) is 0 Å².